The molecule has 0 aliphatic heterocycles. The molecule has 8 heteroatoms. The van der Waals surface area contributed by atoms with Gasteiger partial charge in [0.2, 0.25) is 0 Å². The summed E-state index contributed by atoms with van der Waals surface area (Å²) >= 11 is 0. The zero-order valence-electron chi connectivity index (χ0n) is 20.6. The van der Waals surface area contributed by atoms with E-state index < -0.39 is 17.9 Å². The van der Waals surface area contributed by atoms with Crippen LogP contribution in [-0.4, -0.2) is 35.1 Å². The van der Waals surface area contributed by atoms with Gasteiger partial charge in [-0.3, -0.25) is 9.59 Å². The third-order valence-corrected chi connectivity index (χ3v) is 5.84. The van der Waals surface area contributed by atoms with Crippen molar-refractivity contribution in [2.75, 3.05) is 18.5 Å². The van der Waals surface area contributed by atoms with Crippen LogP contribution in [0.2, 0.25) is 0 Å². The van der Waals surface area contributed by atoms with Gasteiger partial charge < -0.3 is 20.5 Å². The van der Waals surface area contributed by atoms with Crippen molar-refractivity contribution in [2.45, 2.75) is 18.9 Å². The Balaban J connectivity index is 1.36. The molecule has 3 aromatic carbocycles. The number of carboxylic acid groups (broad SMARTS) is 1. The van der Waals surface area contributed by atoms with Gasteiger partial charge >= 0.3 is 5.97 Å². The van der Waals surface area contributed by atoms with Crippen LogP contribution in [0.4, 0.5) is 10.2 Å². The molecule has 1 aromatic heterocycles. The number of pyridine rings is 1. The molecule has 0 aliphatic rings. The van der Waals surface area contributed by atoms with Crippen LogP contribution in [0.5, 0.6) is 5.75 Å². The lowest BCUT2D eigenvalue weighted by Crippen LogP contribution is -2.30. The molecule has 4 aromatic rings. The average molecular weight is 514 g/mol. The molecule has 0 saturated heterocycles. The number of rotatable bonds is 12. The minimum atomic E-state index is -1.05. The number of carbonyl (C=O) groups is 2. The quantitative estimate of drug-likeness (QED) is 0.210. The Hall–Kier alpha value is -4.72. The summed E-state index contributed by atoms with van der Waals surface area (Å²) in [6.07, 6.45) is 2.15. The summed E-state index contributed by atoms with van der Waals surface area (Å²) in [6, 6.07) is 24.9. The molecule has 1 unspecified atom stereocenters. The second kappa shape index (κ2) is 13.0. The number of ether oxygens (including phenoxy) is 1. The minimum absolute atomic E-state index is 0.301. The van der Waals surface area contributed by atoms with Gasteiger partial charge in [0.25, 0.3) is 5.91 Å². The van der Waals surface area contributed by atoms with E-state index in [0.29, 0.717) is 41.2 Å². The van der Waals surface area contributed by atoms with Crippen molar-refractivity contribution >= 4 is 17.7 Å². The Morgan fingerprint density at radius 3 is 2.47 bits per heavy atom. The Labute approximate surface area is 220 Å². The van der Waals surface area contributed by atoms with E-state index in [9.17, 15) is 19.1 Å². The monoisotopic (exact) mass is 513 g/mol. The average Bonchev–Trinajstić information content (AvgIpc) is 2.93. The van der Waals surface area contributed by atoms with Crippen molar-refractivity contribution in [3.05, 3.63) is 114 Å². The minimum Gasteiger partial charge on any atom is -0.494 e. The highest BCUT2D eigenvalue weighted by atomic mass is 19.1. The molecule has 4 rings (SSSR count). The summed E-state index contributed by atoms with van der Waals surface area (Å²) in [4.78, 5) is 28.7. The summed E-state index contributed by atoms with van der Waals surface area (Å²) in [5, 5.41) is 15.4. The lowest BCUT2D eigenvalue weighted by molar-refractivity contribution is -0.137. The fourth-order valence-corrected chi connectivity index (χ4v) is 3.93. The van der Waals surface area contributed by atoms with Gasteiger partial charge in [0.05, 0.1) is 19.1 Å². The number of nitrogens with one attached hydrogen (secondary N) is 2. The van der Waals surface area contributed by atoms with Gasteiger partial charge in [-0.25, -0.2) is 9.37 Å². The summed E-state index contributed by atoms with van der Waals surface area (Å²) in [6.45, 7) is 1.13. The molecule has 38 heavy (non-hydrogen) atoms. The Kier molecular flexibility index (Phi) is 9.02. The van der Waals surface area contributed by atoms with Gasteiger partial charge in [-0.05, 0) is 53.9 Å². The van der Waals surface area contributed by atoms with E-state index >= 15 is 0 Å². The van der Waals surface area contributed by atoms with E-state index in [4.69, 9.17) is 4.74 Å². The van der Waals surface area contributed by atoms with Gasteiger partial charge in [0.15, 0.2) is 0 Å². The molecule has 0 bridgehead atoms. The maximum absolute atomic E-state index is 14.1. The zero-order valence-corrected chi connectivity index (χ0v) is 20.6. The molecule has 0 radical (unpaired) electrons. The molecule has 0 spiro atoms. The van der Waals surface area contributed by atoms with Crippen LogP contribution in [0.25, 0.3) is 11.1 Å². The zero-order chi connectivity index (χ0) is 26.7. The Morgan fingerprint density at radius 1 is 0.947 bits per heavy atom. The predicted octanol–water partition coefficient (Wildman–Crippen LogP) is 5.71. The van der Waals surface area contributed by atoms with Crippen LogP contribution in [0.3, 0.4) is 0 Å². The first-order valence-corrected chi connectivity index (χ1v) is 12.2. The molecule has 0 aliphatic carbocycles. The van der Waals surface area contributed by atoms with Crippen LogP contribution in [-0.2, 0) is 4.79 Å². The molecule has 0 saturated carbocycles. The molecular weight excluding hydrogens is 485 g/mol. The first-order valence-electron chi connectivity index (χ1n) is 12.2. The number of nitrogens with zero attached hydrogens (tertiary/aromatic N) is 1. The third-order valence-electron chi connectivity index (χ3n) is 5.84. The molecule has 1 amide bonds. The van der Waals surface area contributed by atoms with E-state index in [1.54, 1.807) is 72.9 Å². The normalized spacial score (nSPS) is 11.4. The van der Waals surface area contributed by atoms with Crippen LogP contribution in [0.1, 0.15) is 34.8 Å². The second-order valence-electron chi connectivity index (χ2n) is 8.60. The van der Waals surface area contributed by atoms with Crippen LogP contribution in [0, 0.1) is 5.82 Å². The molecule has 1 heterocycles. The SMILES string of the molecule is O=C(O)CC(NC(=O)c1cccc(OCCCNc2ccccn2)c1)c1ccc(-c2ccccc2F)cc1. The van der Waals surface area contributed by atoms with Crippen molar-refractivity contribution in [3.8, 4) is 16.9 Å². The second-order valence-corrected chi connectivity index (χ2v) is 8.60. The van der Waals surface area contributed by atoms with Crippen LogP contribution in [0.15, 0.2) is 97.2 Å². The van der Waals surface area contributed by atoms with E-state index in [-0.39, 0.29) is 12.2 Å². The maximum Gasteiger partial charge on any atom is 0.305 e. The molecule has 7 nitrogen and oxygen atoms in total. The highest BCUT2D eigenvalue weighted by molar-refractivity contribution is 5.95. The van der Waals surface area contributed by atoms with Crippen molar-refractivity contribution in [1.29, 1.82) is 0 Å². The van der Waals surface area contributed by atoms with Gasteiger partial charge in [-0.15, -0.1) is 0 Å². The highest BCUT2D eigenvalue weighted by Gasteiger charge is 2.20. The highest BCUT2D eigenvalue weighted by Crippen LogP contribution is 2.26. The number of halogens is 1. The fourth-order valence-electron chi connectivity index (χ4n) is 3.93. The lowest BCUT2D eigenvalue weighted by atomic mass is 9.98. The number of aliphatic carboxylic acids is 1. The number of anilines is 1. The standard InChI is InChI=1S/C30H28FN3O4/c31-26-10-2-1-9-25(26)21-12-14-22(15-13-21)27(20-29(35)36)34-30(37)23-7-5-8-24(19-23)38-18-6-17-33-28-11-3-4-16-32-28/h1-5,7-16,19,27H,6,17-18,20H2,(H,32,33)(H,34,37)(H,35,36). The van der Waals surface area contributed by atoms with Crippen molar-refractivity contribution in [1.82, 2.24) is 10.3 Å². The number of aromatic nitrogens is 1. The molecule has 3 N–H and O–H groups in total. The van der Waals surface area contributed by atoms with E-state index in [1.807, 2.05) is 18.2 Å². The number of carboxylic acids is 1. The number of amides is 1. The maximum atomic E-state index is 14.1. The predicted molar refractivity (Wildman–Crippen MR) is 144 cm³/mol. The smallest absolute Gasteiger partial charge is 0.305 e. The summed E-state index contributed by atoms with van der Waals surface area (Å²) in [7, 11) is 0. The number of hydrogen-bond donors (Lipinski definition) is 3. The molecule has 0 fully saturated rings. The van der Waals surface area contributed by atoms with Gasteiger partial charge in [0, 0.05) is 23.9 Å². The largest absolute Gasteiger partial charge is 0.494 e. The summed E-state index contributed by atoms with van der Waals surface area (Å²) < 4.78 is 19.9. The fraction of sp³-hybridized carbons (Fsp3) is 0.167. The first-order chi connectivity index (χ1) is 18.5. The molecule has 1 atom stereocenters. The molecular formula is C30H28FN3O4. The third kappa shape index (κ3) is 7.39. The van der Waals surface area contributed by atoms with Crippen molar-refractivity contribution in [3.63, 3.8) is 0 Å². The van der Waals surface area contributed by atoms with Gasteiger partial charge in [-0.2, -0.15) is 0 Å². The number of carbonyl (C=O) groups excluding carboxylic acids is 1. The molecule has 194 valence electrons. The Morgan fingerprint density at radius 2 is 1.74 bits per heavy atom. The Bertz CT molecular complexity index is 1360. The van der Waals surface area contributed by atoms with Crippen LogP contribution < -0.4 is 15.4 Å². The van der Waals surface area contributed by atoms with E-state index in [1.165, 1.54) is 6.07 Å². The summed E-state index contributed by atoms with van der Waals surface area (Å²) in [5.74, 6) is -0.479. The first kappa shape index (κ1) is 26.3. The summed E-state index contributed by atoms with van der Waals surface area (Å²) in [5.41, 5.74) is 2.07. The van der Waals surface area contributed by atoms with Crippen molar-refractivity contribution < 1.29 is 23.8 Å². The topological polar surface area (TPSA) is 101 Å². The lowest BCUT2D eigenvalue weighted by Gasteiger charge is -2.18. The number of benzene rings is 3. The van der Waals surface area contributed by atoms with Gasteiger partial charge in [-0.1, -0.05) is 54.6 Å². The van der Waals surface area contributed by atoms with Crippen molar-refractivity contribution in [2.24, 2.45) is 0 Å². The number of hydrogen-bond acceptors (Lipinski definition) is 5. The van der Waals surface area contributed by atoms with Crippen LogP contribution >= 0.6 is 0 Å². The van der Waals surface area contributed by atoms with E-state index in [2.05, 4.69) is 15.6 Å². The van der Waals surface area contributed by atoms with E-state index in [0.717, 1.165) is 12.2 Å². The van der Waals surface area contributed by atoms with Gasteiger partial charge in [0.1, 0.15) is 17.4 Å².